The Morgan fingerprint density at radius 3 is 2.33 bits per heavy atom. The van der Waals surface area contributed by atoms with Crippen LogP contribution in [-0.2, 0) is 11.3 Å². The van der Waals surface area contributed by atoms with Gasteiger partial charge in [-0.1, -0.05) is 54.6 Å². The predicted octanol–water partition coefficient (Wildman–Crippen LogP) is 3.26. The van der Waals surface area contributed by atoms with Crippen molar-refractivity contribution in [1.29, 1.82) is 0 Å². The number of hydrogen-bond donors (Lipinski definition) is 1. The van der Waals surface area contributed by atoms with Gasteiger partial charge in [-0.2, -0.15) is 0 Å². The summed E-state index contributed by atoms with van der Waals surface area (Å²) >= 11 is 0. The van der Waals surface area contributed by atoms with Crippen molar-refractivity contribution in [3.8, 4) is 11.1 Å². The molecule has 1 fully saturated rings. The first-order valence-electron chi connectivity index (χ1n) is 7.32. The predicted molar refractivity (Wildman–Crippen MR) is 82.9 cm³/mol. The molecule has 0 saturated carbocycles. The first-order chi connectivity index (χ1) is 10.2. The summed E-state index contributed by atoms with van der Waals surface area (Å²) < 4.78 is 0. The highest BCUT2D eigenvalue weighted by molar-refractivity contribution is 5.70. The second-order valence-electron chi connectivity index (χ2n) is 5.62. The molecule has 0 bridgehead atoms. The van der Waals surface area contributed by atoms with E-state index in [1.165, 1.54) is 16.7 Å². The molecule has 108 valence electrons. The molecular weight excluding hydrogens is 262 g/mol. The molecule has 3 rings (SSSR count). The van der Waals surface area contributed by atoms with Crippen molar-refractivity contribution in [3.63, 3.8) is 0 Å². The van der Waals surface area contributed by atoms with Crippen molar-refractivity contribution in [2.45, 2.75) is 13.0 Å². The van der Waals surface area contributed by atoms with Gasteiger partial charge >= 0.3 is 5.97 Å². The zero-order valence-electron chi connectivity index (χ0n) is 11.9. The third-order valence-corrected chi connectivity index (χ3v) is 4.09. The molecule has 2 aromatic carbocycles. The highest BCUT2D eigenvalue weighted by Gasteiger charge is 2.27. The molecule has 0 radical (unpaired) electrons. The molecule has 1 aliphatic rings. The van der Waals surface area contributed by atoms with Crippen LogP contribution in [0.5, 0.6) is 0 Å². The fourth-order valence-electron chi connectivity index (χ4n) is 2.87. The Balaban J connectivity index is 1.64. The van der Waals surface area contributed by atoms with E-state index in [4.69, 9.17) is 5.11 Å². The van der Waals surface area contributed by atoms with Crippen LogP contribution < -0.4 is 0 Å². The molecule has 1 N–H and O–H groups in total. The Kier molecular flexibility index (Phi) is 4.02. The fraction of sp³-hybridized carbons (Fsp3) is 0.278. The zero-order valence-corrected chi connectivity index (χ0v) is 11.9. The Labute approximate surface area is 124 Å². The number of carboxylic acid groups (broad SMARTS) is 1. The minimum Gasteiger partial charge on any atom is -0.481 e. The third kappa shape index (κ3) is 3.31. The molecule has 0 spiro atoms. The lowest BCUT2D eigenvalue weighted by molar-refractivity contribution is -0.141. The Bertz CT molecular complexity index is 607. The van der Waals surface area contributed by atoms with Gasteiger partial charge in [-0.15, -0.1) is 0 Å². The van der Waals surface area contributed by atoms with Crippen molar-refractivity contribution in [3.05, 3.63) is 60.2 Å². The van der Waals surface area contributed by atoms with Crippen molar-refractivity contribution in [2.75, 3.05) is 13.1 Å². The van der Waals surface area contributed by atoms with E-state index < -0.39 is 5.97 Å². The molecule has 1 heterocycles. The summed E-state index contributed by atoms with van der Waals surface area (Å²) in [6.45, 7) is 2.37. The van der Waals surface area contributed by atoms with Gasteiger partial charge in [0.25, 0.3) is 0 Å². The lowest BCUT2D eigenvalue weighted by Crippen LogP contribution is -2.22. The van der Waals surface area contributed by atoms with E-state index in [-0.39, 0.29) is 5.92 Å². The van der Waals surface area contributed by atoms with E-state index in [0.29, 0.717) is 6.54 Å². The van der Waals surface area contributed by atoms with E-state index in [9.17, 15) is 4.79 Å². The maximum atomic E-state index is 11.0. The topological polar surface area (TPSA) is 40.5 Å². The molecule has 3 heteroatoms. The van der Waals surface area contributed by atoms with Gasteiger partial charge in [0.15, 0.2) is 0 Å². The number of likely N-dealkylation sites (tertiary alicyclic amines) is 1. The second-order valence-corrected chi connectivity index (χ2v) is 5.62. The molecule has 0 unspecified atom stereocenters. The van der Waals surface area contributed by atoms with E-state index >= 15 is 0 Å². The maximum absolute atomic E-state index is 11.0. The molecule has 1 saturated heterocycles. The lowest BCUT2D eigenvalue weighted by Gasteiger charge is -2.15. The average Bonchev–Trinajstić information content (AvgIpc) is 2.98. The number of aliphatic carboxylic acids is 1. The molecule has 3 nitrogen and oxygen atoms in total. The van der Waals surface area contributed by atoms with Crippen LogP contribution in [0.25, 0.3) is 11.1 Å². The quantitative estimate of drug-likeness (QED) is 0.935. The van der Waals surface area contributed by atoms with E-state index in [2.05, 4.69) is 41.3 Å². The zero-order chi connectivity index (χ0) is 14.7. The van der Waals surface area contributed by atoms with Gasteiger partial charge in [0, 0.05) is 13.1 Å². The van der Waals surface area contributed by atoms with E-state index in [1.54, 1.807) is 0 Å². The summed E-state index contributed by atoms with van der Waals surface area (Å²) in [5.74, 6) is -0.870. The van der Waals surface area contributed by atoms with Crippen LogP contribution in [0.4, 0.5) is 0 Å². The first-order valence-corrected chi connectivity index (χ1v) is 7.32. The van der Waals surface area contributed by atoms with Crippen LogP contribution in [0.15, 0.2) is 54.6 Å². The summed E-state index contributed by atoms with van der Waals surface area (Å²) in [4.78, 5) is 13.2. The molecule has 1 aliphatic heterocycles. The number of rotatable bonds is 4. The van der Waals surface area contributed by atoms with Gasteiger partial charge < -0.3 is 5.11 Å². The van der Waals surface area contributed by atoms with Gasteiger partial charge in [0.2, 0.25) is 0 Å². The largest absolute Gasteiger partial charge is 0.481 e. The van der Waals surface area contributed by atoms with Gasteiger partial charge in [-0.3, -0.25) is 9.69 Å². The van der Waals surface area contributed by atoms with Gasteiger partial charge in [0.05, 0.1) is 5.92 Å². The average molecular weight is 281 g/mol. The van der Waals surface area contributed by atoms with Crippen molar-refractivity contribution < 1.29 is 9.90 Å². The van der Waals surface area contributed by atoms with Crippen LogP contribution in [0.1, 0.15) is 12.0 Å². The van der Waals surface area contributed by atoms with Crippen LogP contribution in [0, 0.1) is 5.92 Å². The summed E-state index contributed by atoms with van der Waals surface area (Å²) in [6.07, 6.45) is 0.761. The Hall–Kier alpha value is -2.13. The molecule has 21 heavy (non-hydrogen) atoms. The van der Waals surface area contributed by atoms with Crippen LogP contribution in [0.2, 0.25) is 0 Å². The highest BCUT2D eigenvalue weighted by atomic mass is 16.4. The van der Waals surface area contributed by atoms with Crippen molar-refractivity contribution >= 4 is 5.97 Å². The van der Waals surface area contributed by atoms with Crippen molar-refractivity contribution in [1.82, 2.24) is 4.90 Å². The van der Waals surface area contributed by atoms with E-state index in [0.717, 1.165) is 19.5 Å². The van der Waals surface area contributed by atoms with Crippen LogP contribution in [0.3, 0.4) is 0 Å². The second kappa shape index (κ2) is 6.10. The smallest absolute Gasteiger partial charge is 0.307 e. The summed E-state index contributed by atoms with van der Waals surface area (Å²) in [5.41, 5.74) is 3.67. The van der Waals surface area contributed by atoms with Crippen LogP contribution >= 0.6 is 0 Å². The molecule has 0 aromatic heterocycles. The molecule has 0 aliphatic carbocycles. The normalized spacial score (nSPS) is 18.8. The minimum absolute atomic E-state index is 0.200. The molecule has 0 amide bonds. The number of nitrogens with zero attached hydrogens (tertiary/aromatic N) is 1. The summed E-state index contributed by atoms with van der Waals surface area (Å²) in [5, 5.41) is 9.03. The monoisotopic (exact) mass is 281 g/mol. The minimum atomic E-state index is -0.670. The fourth-order valence-corrected chi connectivity index (χ4v) is 2.87. The maximum Gasteiger partial charge on any atom is 0.307 e. The first kappa shape index (κ1) is 13.8. The van der Waals surface area contributed by atoms with E-state index in [1.807, 2.05) is 18.2 Å². The number of hydrogen-bond acceptors (Lipinski definition) is 2. The number of benzene rings is 2. The van der Waals surface area contributed by atoms with Gasteiger partial charge in [-0.05, 0) is 29.7 Å². The molecular formula is C18H19NO2. The third-order valence-electron chi connectivity index (χ3n) is 4.09. The standard InChI is InChI=1S/C18H19NO2/c20-18(21)17-10-11-19(13-17)12-14-6-8-16(9-7-14)15-4-2-1-3-5-15/h1-9,17H,10-13H2,(H,20,21)/t17-/m0/s1. The SMILES string of the molecule is O=C(O)[C@H]1CCN(Cc2ccc(-c3ccccc3)cc2)C1. The Morgan fingerprint density at radius 1 is 1.05 bits per heavy atom. The lowest BCUT2D eigenvalue weighted by atomic mass is 10.0. The Morgan fingerprint density at radius 2 is 1.71 bits per heavy atom. The highest BCUT2D eigenvalue weighted by Crippen LogP contribution is 2.22. The number of carbonyl (C=O) groups is 1. The van der Waals surface area contributed by atoms with Crippen LogP contribution in [-0.4, -0.2) is 29.1 Å². The molecule has 1 atom stereocenters. The molecule has 2 aromatic rings. The summed E-state index contributed by atoms with van der Waals surface area (Å²) in [7, 11) is 0. The van der Waals surface area contributed by atoms with Gasteiger partial charge in [-0.25, -0.2) is 0 Å². The summed E-state index contributed by atoms with van der Waals surface area (Å²) in [6, 6.07) is 18.8. The number of carboxylic acids is 1. The van der Waals surface area contributed by atoms with Gasteiger partial charge in [0.1, 0.15) is 0 Å². The van der Waals surface area contributed by atoms with Crippen molar-refractivity contribution in [2.24, 2.45) is 5.92 Å².